The summed E-state index contributed by atoms with van der Waals surface area (Å²) in [5, 5.41) is 2.86. The van der Waals surface area contributed by atoms with Crippen LogP contribution in [0.4, 0.5) is 0 Å². The molecule has 1 amide bonds. The van der Waals surface area contributed by atoms with Gasteiger partial charge < -0.3 is 14.8 Å². The molecule has 0 aromatic heterocycles. The minimum atomic E-state index is -0.811. The van der Waals surface area contributed by atoms with Crippen molar-refractivity contribution in [1.29, 1.82) is 0 Å². The zero-order valence-corrected chi connectivity index (χ0v) is 15.8. The van der Waals surface area contributed by atoms with E-state index in [9.17, 15) is 9.59 Å². The minimum Gasteiger partial charge on any atom is -0.448 e. The molecule has 0 spiro atoms. The molecule has 1 aromatic rings. The summed E-state index contributed by atoms with van der Waals surface area (Å²) in [4.78, 5) is 25.1. The zero-order chi connectivity index (χ0) is 18.6. The molecule has 5 heteroatoms. The van der Waals surface area contributed by atoms with Crippen LogP contribution >= 0.6 is 0 Å². The zero-order valence-electron chi connectivity index (χ0n) is 15.8. The quantitative estimate of drug-likeness (QED) is 0.803. The number of hydrogen-bond acceptors (Lipinski definition) is 4. The van der Waals surface area contributed by atoms with Crippen molar-refractivity contribution < 1.29 is 19.1 Å². The molecule has 1 aromatic carbocycles. The van der Waals surface area contributed by atoms with Crippen LogP contribution in [0.25, 0.3) is 0 Å². The van der Waals surface area contributed by atoms with E-state index >= 15 is 0 Å². The Hall–Kier alpha value is -1.88. The van der Waals surface area contributed by atoms with E-state index in [1.807, 2.05) is 46.8 Å². The Kier molecular flexibility index (Phi) is 6.59. The number of carbonyl (C=O) groups is 2. The summed E-state index contributed by atoms with van der Waals surface area (Å²) in [5.41, 5.74) is 3.37. The molecule has 2 rings (SSSR count). The second-order valence-corrected chi connectivity index (χ2v) is 7.22. The summed E-state index contributed by atoms with van der Waals surface area (Å²) < 4.78 is 11.1. The number of nitrogens with one attached hydrogen (secondary N) is 1. The molecule has 25 heavy (non-hydrogen) atoms. The van der Waals surface area contributed by atoms with Crippen LogP contribution < -0.4 is 5.32 Å². The first-order valence-corrected chi connectivity index (χ1v) is 8.97. The highest BCUT2D eigenvalue weighted by molar-refractivity contribution is 5.95. The number of aryl methyl sites for hydroxylation is 3. The van der Waals surface area contributed by atoms with Crippen LogP contribution in [0.3, 0.4) is 0 Å². The van der Waals surface area contributed by atoms with Crippen LogP contribution in [0.15, 0.2) is 12.1 Å². The number of benzene rings is 1. The van der Waals surface area contributed by atoms with Gasteiger partial charge >= 0.3 is 5.97 Å². The summed E-state index contributed by atoms with van der Waals surface area (Å²) in [6.07, 6.45) is 1.23. The molecule has 0 saturated carbocycles. The SMILES string of the molecule is Cc1cc(C)c(C(=O)O[C@@H](C(=O)NC[C@H]2CCCO2)C(C)C)c(C)c1. The topological polar surface area (TPSA) is 64.6 Å². The molecule has 1 saturated heterocycles. The number of hydrogen-bond donors (Lipinski definition) is 1. The Morgan fingerprint density at radius 1 is 1.24 bits per heavy atom. The number of carbonyl (C=O) groups excluding carboxylic acids is 2. The lowest BCUT2D eigenvalue weighted by Crippen LogP contribution is -2.43. The molecule has 2 atom stereocenters. The maximum atomic E-state index is 12.7. The Balaban J connectivity index is 2.05. The second kappa shape index (κ2) is 8.48. The third-order valence-corrected chi connectivity index (χ3v) is 4.51. The third-order valence-electron chi connectivity index (χ3n) is 4.51. The lowest BCUT2D eigenvalue weighted by Gasteiger charge is -2.22. The molecule has 138 valence electrons. The van der Waals surface area contributed by atoms with Gasteiger partial charge in [-0.25, -0.2) is 4.79 Å². The Labute approximate surface area is 150 Å². The van der Waals surface area contributed by atoms with Crippen molar-refractivity contribution in [2.75, 3.05) is 13.2 Å². The van der Waals surface area contributed by atoms with Gasteiger partial charge in [0.1, 0.15) is 0 Å². The molecule has 1 fully saturated rings. The van der Waals surface area contributed by atoms with E-state index < -0.39 is 12.1 Å². The minimum absolute atomic E-state index is 0.0639. The standard InChI is InChI=1S/C20H29NO4/c1-12(2)18(19(22)21-11-16-7-6-8-24-16)25-20(23)17-14(4)9-13(3)10-15(17)5/h9-10,12,16,18H,6-8,11H2,1-5H3,(H,21,22)/t16-,18-/m1/s1. The van der Waals surface area contributed by atoms with Crippen LogP contribution in [-0.4, -0.2) is 37.2 Å². The maximum Gasteiger partial charge on any atom is 0.339 e. The van der Waals surface area contributed by atoms with Gasteiger partial charge in [-0.1, -0.05) is 31.5 Å². The van der Waals surface area contributed by atoms with Crippen molar-refractivity contribution in [3.63, 3.8) is 0 Å². The first-order chi connectivity index (χ1) is 11.8. The normalized spacial score (nSPS) is 18.2. The van der Waals surface area contributed by atoms with Gasteiger partial charge in [-0.05, 0) is 50.7 Å². The second-order valence-electron chi connectivity index (χ2n) is 7.22. The number of amides is 1. The summed E-state index contributed by atoms with van der Waals surface area (Å²) in [5.74, 6) is -0.818. The number of ether oxygens (including phenoxy) is 2. The Morgan fingerprint density at radius 2 is 1.88 bits per heavy atom. The predicted molar refractivity (Wildman–Crippen MR) is 96.7 cm³/mol. The average molecular weight is 347 g/mol. The van der Waals surface area contributed by atoms with Crippen LogP contribution in [0.1, 0.15) is 53.7 Å². The number of rotatable bonds is 6. The van der Waals surface area contributed by atoms with E-state index in [4.69, 9.17) is 9.47 Å². The molecular formula is C20H29NO4. The van der Waals surface area contributed by atoms with Gasteiger partial charge in [0.05, 0.1) is 11.7 Å². The summed E-state index contributed by atoms with van der Waals surface area (Å²) in [7, 11) is 0. The van der Waals surface area contributed by atoms with Crippen LogP contribution in [0.5, 0.6) is 0 Å². The smallest absolute Gasteiger partial charge is 0.339 e. The van der Waals surface area contributed by atoms with Gasteiger partial charge in [-0.15, -0.1) is 0 Å². The van der Waals surface area contributed by atoms with Gasteiger partial charge in [0.2, 0.25) is 0 Å². The van der Waals surface area contributed by atoms with E-state index in [1.165, 1.54) is 0 Å². The first kappa shape index (κ1) is 19.4. The summed E-state index contributed by atoms with van der Waals surface area (Å²) in [6.45, 7) is 10.7. The van der Waals surface area contributed by atoms with E-state index in [0.29, 0.717) is 12.1 Å². The highest BCUT2D eigenvalue weighted by Crippen LogP contribution is 2.20. The molecule has 1 heterocycles. The van der Waals surface area contributed by atoms with Crippen molar-refractivity contribution in [3.8, 4) is 0 Å². The van der Waals surface area contributed by atoms with Gasteiger partial charge in [0, 0.05) is 13.2 Å². The Bertz CT molecular complexity index is 610. The van der Waals surface area contributed by atoms with Crippen LogP contribution in [0, 0.1) is 26.7 Å². The predicted octanol–water partition coefficient (Wildman–Crippen LogP) is 3.09. The molecule has 0 bridgehead atoms. The van der Waals surface area contributed by atoms with Gasteiger partial charge in [-0.3, -0.25) is 4.79 Å². The maximum absolute atomic E-state index is 12.7. The molecule has 0 radical (unpaired) electrons. The lowest BCUT2D eigenvalue weighted by atomic mass is 9.99. The van der Waals surface area contributed by atoms with Gasteiger partial charge in [0.25, 0.3) is 5.91 Å². The fraction of sp³-hybridized carbons (Fsp3) is 0.600. The third kappa shape index (κ3) is 5.05. The summed E-state index contributed by atoms with van der Waals surface area (Å²) in [6, 6.07) is 3.90. The van der Waals surface area contributed by atoms with E-state index in [1.54, 1.807) is 0 Å². The fourth-order valence-corrected chi connectivity index (χ4v) is 3.29. The van der Waals surface area contributed by atoms with E-state index in [2.05, 4.69) is 5.32 Å². The summed E-state index contributed by atoms with van der Waals surface area (Å²) >= 11 is 0. The largest absolute Gasteiger partial charge is 0.448 e. The molecule has 1 aliphatic rings. The molecule has 0 unspecified atom stereocenters. The molecule has 0 aliphatic carbocycles. The van der Waals surface area contributed by atoms with Crippen molar-refractivity contribution in [2.45, 2.75) is 59.7 Å². The highest BCUT2D eigenvalue weighted by atomic mass is 16.5. The van der Waals surface area contributed by atoms with Gasteiger partial charge in [0.15, 0.2) is 6.10 Å². The molecule has 1 N–H and O–H groups in total. The monoisotopic (exact) mass is 347 g/mol. The van der Waals surface area contributed by atoms with Crippen LogP contribution in [0.2, 0.25) is 0 Å². The average Bonchev–Trinajstić information content (AvgIpc) is 3.02. The Morgan fingerprint density at radius 3 is 2.40 bits per heavy atom. The van der Waals surface area contributed by atoms with Crippen molar-refractivity contribution in [3.05, 3.63) is 34.4 Å². The fourth-order valence-electron chi connectivity index (χ4n) is 3.29. The highest BCUT2D eigenvalue weighted by Gasteiger charge is 2.29. The van der Waals surface area contributed by atoms with Gasteiger partial charge in [-0.2, -0.15) is 0 Å². The first-order valence-electron chi connectivity index (χ1n) is 8.97. The van der Waals surface area contributed by atoms with E-state index in [0.717, 1.165) is 36.1 Å². The van der Waals surface area contributed by atoms with Crippen molar-refractivity contribution in [1.82, 2.24) is 5.32 Å². The lowest BCUT2D eigenvalue weighted by molar-refractivity contribution is -0.132. The molecule has 1 aliphatic heterocycles. The van der Waals surface area contributed by atoms with Crippen molar-refractivity contribution >= 4 is 11.9 Å². The van der Waals surface area contributed by atoms with Crippen molar-refractivity contribution in [2.24, 2.45) is 5.92 Å². The van der Waals surface area contributed by atoms with E-state index in [-0.39, 0.29) is 17.9 Å². The molecule has 5 nitrogen and oxygen atoms in total. The number of esters is 1. The molecular weight excluding hydrogens is 318 g/mol. The van der Waals surface area contributed by atoms with Crippen LogP contribution in [-0.2, 0) is 14.3 Å².